The van der Waals surface area contributed by atoms with Crippen LogP contribution in [0.2, 0.25) is 0 Å². The molecule has 124 valence electrons. The lowest BCUT2D eigenvalue weighted by Gasteiger charge is -2.23. The van der Waals surface area contributed by atoms with Crippen LogP contribution in [-0.4, -0.2) is 35.4 Å². The van der Waals surface area contributed by atoms with Gasteiger partial charge in [-0.3, -0.25) is 19.8 Å². The minimum absolute atomic E-state index is 0.0139. The Bertz CT molecular complexity index is 758. The second-order valence-electron chi connectivity index (χ2n) is 5.76. The SMILES string of the molecule is CCN1CCN(C(=O)c2ccc([N+](=O)[O-])cc2)c2ccccc2C1. The lowest BCUT2D eigenvalue weighted by atomic mass is 10.1. The highest BCUT2D eigenvalue weighted by molar-refractivity contribution is 6.06. The number of nitro groups is 1. The number of para-hydroxylation sites is 1. The molecule has 0 atom stereocenters. The molecule has 1 aliphatic heterocycles. The van der Waals surface area contributed by atoms with Crippen molar-refractivity contribution in [2.75, 3.05) is 24.5 Å². The van der Waals surface area contributed by atoms with E-state index in [2.05, 4.69) is 11.8 Å². The summed E-state index contributed by atoms with van der Waals surface area (Å²) in [5, 5.41) is 10.8. The number of hydrogen-bond donors (Lipinski definition) is 0. The molecule has 0 unspecified atom stereocenters. The van der Waals surface area contributed by atoms with Crippen molar-refractivity contribution in [1.82, 2.24) is 4.90 Å². The van der Waals surface area contributed by atoms with E-state index in [1.807, 2.05) is 24.3 Å². The van der Waals surface area contributed by atoms with Gasteiger partial charge in [-0.15, -0.1) is 0 Å². The Balaban J connectivity index is 1.93. The predicted molar refractivity (Wildman–Crippen MR) is 92.2 cm³/mol. The summed E-state index contributed by atoms with van der Waals surface area (Å²) in [6.07, 6.45) is 0. The molecule has 3 rings (SSSR count). The van der Waals surface area contributed by atoms with Gasteiger partial charge in [-0.1, -0.05) is 25.1 Å². The number of nitro benzene ring substituents is 1. The van der Waals surface area contributed by atoms with Gasteiger partial charge in [-0.2, -0.15) is 0 Å². The van der Waals surface area contributed by atoms with Gasteiger partial charge in [0.2, 0.25) is 0 Å². The third-order valence-electron chi connectivity index (χ3n) is 4.33. The predicted octanol–water partition coefficient (Wildman–Crippen LogP) is 3.08. The lowest BCUT2D eigenvalue weighted by Crippen LogP contribution is -2.35. The molecule has 1 aliphatic rings. The molecule has 0 N–H and O–H groups in total. The number of hydrogen-bond acceptors (Lipinski definition) is 4. The van der Waals surface area contributed by atoms with Crippen LogP contribution in [0.1, 0.15) is 22.8 Å². The second kappa shape index (κ2) is 6.80. The van der Waals surface area contributed by atoms with Crippen molar-refractivity contribution in [1.29, 1.82) is 0 Å². The van der Waals surface area contributed by atoms with E-state index in [-0.39, 0.29) is 11.6 Å². The summed E-state index contributed by atoms with van der Waals surface area (Å²) in [6.45, 7) is 5.24. The number of carbonyl (C=O) groups excluding carboxylic acids is 1. The van der Waals surface area contributed by atoms with Crippen molar-refractivity contribution >= 4 is 17.3 Å². The maximum atomic E-state index is 12.9. The first-order chi connectivity index (χ1) is 11.6. The van der Waals surface area contributed by atoms with E-state index in [4.69, 9.17) is 0 Å². The van der Waals surface area contributed by atoms with Crippen LogP contribution in [0.15, 0.2) is 48.5 Å². The Labute approximate surface area is 140 Å². The van der Waals surface area contributed by atoms with Crippen molar-refractivity contribution < 1.29 is 9.72 Å². The van der Waals surface area contributed by atoms with Crippen LogP contribution in [-0.2, 0) is 6.54 Å². The molecule has 0 spiro atoms. The van der Waals surface area contributed by atoms with E-state index >= 15 is 0 Å². The number of nitrogens with zero attached hydrogens (tertiary/aromatic N) is 3. The van der Waals surface area contributed by atoms with Crippen molar-refractivity contribution in [3.05, 3.63) is 69.8 Å². The summed E-state index contributed by atoms with van der Waals surface area (Å²) in [7, 11) is 0. The summed E-state index contributed by atoms with van der Waals surface area (Å²) >= 11 is 0. The minimum atomic E-state index is -0.464. The highest BCUT2D eigenvalue weighted by Crippen LogP contribution is 2.26. The first-order valence-corrected chi connectivity index (χ1v) is 7.96. The first kappa shape index (κ1) is 16.1. The fraction of sp³-hybridized carbons (Fsp3) is 0.278. The van der Waals surface area contributed by atoms with Crippen LogP contribution in [0, 0.1) is 10.1 Å². The van der Waals surface area contributed by atoms with Crippen molar-refractivity contribution in [2.45, 2.75) is 13.5 Å². The van der Waals surface area contributed by atoms with E-state index in [1.165, 1.54) is 24.3 Å². The van der Waals surface area contributed by atoms with Crippen LogP contribution in [0.25, 0.3) is 0 Å². The van der Waals surface area contributed by atoms with Gasteiger partial charge < -0.3 is 4.90 Å². The molecule has 0 aliphatic carbocycles. The van der Waals surface area contributed by atoms with Crippen LogP contribution in [0.5, 0.6) is 0 Å². The monoisotopic (exact) mass is 325 g/mol. The largest absolute Gasteiger partial charge is 0.307 e. The zero-order chi connectivity index (χ0) is 17.1. The molecule has 1 heterocycles. The van der Waals surface area contributed by atoms with E-state index in [0.717, 1.165) is 30.9 Å². The molecule has 0 saturated heterocycles. The Morgan fingerprint density at radius 2 is 1.83 bits per heavy atom. The Morgan fingerprint density at radius 3 is 2.50 bits per heavy atom. The zero-order valence-corrected chi connectivity index (χ0v) is 13.5. The molecule has 0 fully saturated rings. The molecule has 0 saturated carbocycles. The summed E-state index contributed by atoms with van der Waals surface area (Å²) in [6, 6.07) is 13.7. The third kappa shape index (κ3) is 3.14. The molecule has 0 aromatic heterocycles. The van der Waals surface area contributed by atoms with E-state index in [1.54, 1.807) is 4.90 Å². The normalized spacial score (nSPS) is 14.8. The van der Waals surface area contributed by atoms with Crippen molar-refractivity contribution in [3.63, 3.8) is 0 Å². The maximum absolute atomic E-state index is 12.9. The Hall–Kier alpha value is -2.73. The standard InChI is InChI=1S/C18H19N3O3/c1-2-19-11-12-20(17-6-4-3-5-15(17)13-19)18(22)14-7-9-16(10-8-14)21(23)24/h3-10H,2,11-13H2,1H3. The quantitative estimate of drug-likeness (QED) is 0.642. The molecule has 0 radical (unpaired) electrons. The van der Waals surface area contributed by atoms with Gasteiger partial charge in [0.15, 0.2) is 0 Å². The highest BCUT2D eigenvalue weighted by atomic mass is 16.6. The fourth-order valence-electron chi connectivity index (χ4n) is 2.95. The topological polar surface area (TPSA) is 66.7 Å². The van der Waals surface area contributed by atoms with E-state index in [9.17, 15) is 14.9 Å². The van der Waals surface area contributed by atoms with Gasteiger partial charge in [0.25, 0.3) is 11.6 Å². The minimum Gasteiger partial charge on any atom is -0.307 e. The van der Waals surface area contributed by atoms with Crippen LogP contribution in [0.4, 0.5) is 11.4 Å². The van der Waals surface area contributed by atoms with Crippen molar-refractivity contribution in [2.24, 2.45) is 0 Å². The third-order valence-corrected chi connectivity index (χ3v) is 4.33. The number of likely N-dealkylation sites (N-methyl/N-ethyl adjacent to an activating group) is 1. The number of benzene rings is 2. The van der Waals surface area contributed by atoms with E-state index in [0.29, 0.717) is 12.1 Å². The average molecular weight is 325 g/mol. The summed E-state index contributed by atoms with van der Waals surface area (Å²) in [4.78, 5) is 27.3. The number of carbonyl (C=O) groups is 1. The molecule has 6 heteroatoms. The van der Waals surface area contributed by atoms with Crippen LogP contribution < -0.4 is 4.90 Å². The molecule has 0 bridgehead atoms. The van der Waals surface area contributed by atoms with Gasteiger partial charge >= 0.3 is 0 Å². The van der Waals surface area contributed by atoms with E-state index < -0.39 is 4.92 Å². The molecule has 1 amide bonds. The second-order valence-corrected chi connectivity index (χ2v) is 5.76. The van der Waals surface area contributed by atoms with Crippen molar-refractivity contribution in [3.8, 4) is 0 Å². The van der Waals surface area contributed by atoms with Gasteiger partial charge in [0, 0.05) is 43.0 Å². The van der Waals surface area contributed by atoms with Crippen LogP contribution >= 0.6 is 0 Å². The molecular weight excluding hydrogens is 306 g/mol. The van der Waals surface area contributed by atoms with Gasteiger partial charge in [0.1, 0.15) is 0 Å². The zero-order valence-electron chi connectivity index (χ0n) is 13.5. The van der Waals surface area contributed by atoms with Gasteiger partial charge in [-0.25, -0.2) is 0 Å². The number of anilines is 1. The molecule has 6 nitrogen and oxygen atoms in total. The highest BCUT2D eigenvalue weighted by Gasteiger charge is 2.24. The maximum Gasteiger partial charge on any atom is 0.269 e. The summed E-state index contributed by atoms with van der Waals surface area (Å²) in [5.74, 6) is -0.129. The smallest absolute Gasteiger partial charge is 0.269 e. The molecular formula is C18H19N3O3. The first-order valence-electron chi connectivity index (χ1n) is 7.96. The molecule has 2 aromatic rings. The van der Waals surface area contributed by atoms with Crippen LogP contribution in [0.3, 0.4) is 0 Å². The summed E-state index contributed by atoms with van der Waals surface area (Å²) in [5.41, 5.74) is 2.48. The number of fused-ring (bicyclic) bond motifs is 1. The Morgan fingerprint density at radius 1 is 1.12 bits per heavy atom. The molecule has 24 heavy (non-hydrogen) atoms. The average Bonchev–Trinajstić information content (AvgIpc) is 2.80. The fourth-order valence-corrected chi connectivity index (χ4v) is 2.95. The lowest BCUT2D eigenvalue weighted by molar-refractivity contribution is -0.384. The number of amides is 1. The summed E-state index contributed by atoms with van der Waals surface area (Å²) < 4.78 is 0. The van der Waals surface area contributed by atoms with Gasteiger partial charge in [0.05, 0.1) is 4.92 Å². The van der Waals surface area contributed by atoms with Gasteiger partial charge in [-0.05, 0) is 30.3 Å². The number of rotatable bonds is 3. The molecule has 2 aromatic carbocycles. The Kier molecular flexibility index (Phi) is 4.57. The number of non-ortho nitro benzene ring substituents is 1.